The van der Waals surface area contributed by atoms with Gasteiger partial charge in [-0.2, -0.15) is 0 Å². The highest BCUT2D eigenvalue weighted by molar-refractivity contribution is 5.94. The summed E-state index contributed by atoms with van der Waals surface area (Å²) in [5.74, 6) is -3.69. The van der Waals surface area contributed by atoms with Gasteiger partial charge in [-0.15, -0.1) is 0 Å². The number of carbonyl (C=O) groups is 4. The van der Waals surface area contributed by atoms with E-state index in [1.807, 2.05) is 30.3 Å². The van der Waals surface area contributed by atoms with Crippen molar-refractivity contribution in [1.82, 2.24) is 26.6 Å². The topological polar surface area (TPSA) is 274 Å². The zero-order chi connectivity index (χ0) is 33.2. The highest BCUT2D eigenvalue weighted by Crippen LogP contribution is 2.08. The molecule has 0 saturated carbocycles. The smallest absolute Gasteiger partial charge is 0.326 e. The van der Waals surface area contributed by atoms with Gasteiger partial charge in [0.2, 0.25) is 17.7 Å². The van der Waals surface area contributed by atoms with Crippen LogP contribution < -0.4 is 43.8 Å². The van der Waals surface area contributed by atoms with Crippen LogP contribution in [0, 0.1) is 10.8 Å². The summed E-state index contributed by atoms with van der Waals surface area (Å²) in [7, 11) is 0. The van der Waals surface area contributed by atoms with Crippen LogP contribution in [0.15, 0.2) is 60.7 Å². The minimum atomic E-state index is -1.26. The van der Waals surface area contributed by atoms with E-state index in [1.165, 1.54) is 0 Å². The molecule has 45 heavy (non-hydrogen) atoms. The fourth-order valence-electron chi connectivity index (χ4n) is 4.43. The maximum Gasteiger partial charge on any atom is 0.326 e. The normalized spacial score (nSPS) is 13.3. The molecule has 0 aliphatic heterocycles. The molecular formula is C30H44N10O5. The average molecular weight is 625 g/mol. The van der Waals surface area contributed by atoms with Gasteiger partial charge in [-0.1, -0.05) is 60.7 Å². The van der Waals surface area contributed by atoms with E-state index in [4.69, 9.17) is 28.0 Å². The first-order chi connectivity index (χ1) is 21.5. The van der Waals surface area contributed by atoms with Crippen LogP contribution >= 0.6 is 0 Å². The van der Waals surface area contributed by atoms with Crippen LogP contribution in [0.3, 0.4) is 0 Å². The molecule has 0 aromatic heterocycles. The molecule has 15 heteroatoms. The summed E-state index contributed by atoms with van der Waals surface area (Å²) < 4.78 is 0. The lowest BCUT2D eigenvalue weighted by atomic mass is 10.0. The summed E-state index contributed by atoms with van der Waals surface area (Å²) in [5, 5.41) is 37.4. The molecule has 0 radical (unpaired) electrons. The highest BCUT2D eigenvalue weighted by Gasteiger charge is 2.30. The van der Waals surface area contributed by atoms with Crippen molar-refractivity contribution in [2.45, 2.75) is 62.7 Å². The monoisotopic (exact) mass is 624 g/mol. The molecule has 2 aromatic carbocycles. The Labute approximate surface area is 262 Å². The quantitative estimate of drug-likeness (QED) is 0.0508. The number of rotatable bonds is 19. The molecule has 0 bridgehead atoms. The molecule has 0 heterocycles. The summed E-state index contributed by atoms with van der Waals surface area (Å²) in [6.45, 7) is 0.503. The lowest BCUT2D eigenvalue weighted by Gasteiger charge is -2.25. The Hall–Kier alpha value is -5.18. The van der Waals surface area contributed by atoms with Crippen molar-refractivity contribution in [2.75, 3.05) is 13.1 Å². The van der Waals surface area contributed by atoms with Gasteiger partial charge in [-0.3, -0.25) is 25.2 Å². The lowest BCUT2D eigenvalue weighted by molar-refractivity contribution is -0.142. The van der Waals surface area contributed by atoms with E-state index in [0.717, 1.165) is 5.56 Å². The zero-order valence-corrected chi connectivity index (χ0v) is 25.1. The van der Waals surface area contributed by atoms with Crippen molar-refractivity contribution in [3.8, 4) is 0 Å². The Morgan fingerprint density at radius 2 is 1.07 bits per heavy atom. The van der Waals surface area contributed by atoms with Crippen molar-refractivity contribution < 1.29 is 24.3 Å². The van der Waals surface area contributed by atoms with Gasteiger partial charge < -0.3 is 48.9 Å². The first-order valence-corrected chi connectivity index (χ1v) is 14.6. The molecule has 0 saturated heterocycles. The SMILES string of the molecule is N=C(N)NCCC[C@H](NC(=O)[C@H](Cc1ccccc1)NC(=O)[C@H](CCCNC(=N)N)NC(=O)[C@@H](N)Cc1ccccc1)C(=O)O. The van der Waals surface area contributed by atoms with Crippen LogP contribution in [-0.4, -0.2) is 78.0 Å². The number of hydrogen-bond acceptors (Lipinski definition) is 7. The van der Waals surface area contributed by atoms with Crippen molar-refractivity contribution >= 4 is 35.6 Å². The molecule has 2 aromatic rings. The maximum absolute atomic E-state index is 13.6. The standard InChI is InChI=1S/C30H44N10O5/c31-21(17-19-9-3-1-4-10-19)25(41)38-22(13-7-15-36-29(32)33)26(42)40-24(18-20-11-5-2-6-12-20)27(43)39-23(28(44)45)14-8-16-37-30(34)35/h1-6,9-12,21-24H,7-8,13-18,31H2,(H,38,41)(H,39,43)(H,40,42)(H,44,45)(H4,32,33,36)(H4,34,35,37)/t21-,22-,23-,24-/m0/s1. The average Bonchev–Trinajstić information content (AvgIpc) is 3.00. The Balaban J connectivity index is 2.20. The summed E-state index contributed by atoms with van der Waals surface area (Å²) in [6.07, 6.45) is 1.13. The number of benzene rings is 2. The van der Waals surface area contributed by atoms with Gasteiger partial charge in [0.1, 0.15) is 18.1 Å². The number of hydrogen-bond donors (Lipinski definition) is 11. The molecule has 244 valence electrons. The lowest BCUT2D eigenvalue weighted by Crippen LogP contribution is -2.57. The molecule has 0 fully saturated rings. The summed E-state index contributed by atoms with van der Waals surface area (Å²) in [5.41, 5.74) is 18.3. The molecule has 3 amide bonds. The van der Waals surface area contributed by atoms with Gasteiger partial charge in [0.05, 0.1) is 6.04 Å². The molecular weight excluding hydrogens is 580 g/mol. The third-order valence-corrected chi connectivity index (χ3v) is 6.77. The van der Waals surface area contributed by atoms with Gasteiger partial charge in [-0.25, -0.2) is 4.79 Å². The molecule has 14 N–H and O–H groups in total. The van der Waals surface area contributed by atoms with Gasteiger partial charge in [0.25, 0.3) is 0 Å². The number of guanidine groups is 2. The van der Waals surface area contributed by atoms with E-state index in [9.17, 15) is 24.3 Å². The summed E-state index contributed by atoms with van der Waals surface area (Å²) in [4.78, 5) is 52.0. The Morgan fingerprint density at radius 3 is 1.56 bits per heavy atom. The molecule has 0 aliphatic carbocycles. The Bertz CT molecular complexity index is 1280. The van der Waals surface area contributed by atoms with Crippen LogP contribution in [0.25, 0.3) is 0 Å². The van der Waals surface area contributed by atoms with Crippen molar-refractivity contribution in [3.63, 3.8) is 0 Å². The number of carboxylic acids is 1. The van der Waals surface area contributed by atoms with Crippen LogP contribution in [0.2, 0.25) is 0 Å². The predicted molar refractivity (Wildman–Crippen MR) is 170 cm³/mol. The Kier molecular flexibility index (Phi) is 15.3. The van der Waals surface area contributed by atoms with E-state index in [1.54, 1.807) is 30.3 Å². The number of aliphatic carboxylic acids is 1. The highest BCUT2D eigenvalue weighted by atomic mass is 16.4. The first kappa shape index (κ1) is 36.0. The van der Waals surface area contributed by atoms with Crippen LogP contribution in [-0.2, 0) is 32.0 Å². The summed E-state index contributed by atoms with van der Waals surface area (Å²) in [6, 6.07) is 13.6. The summed E-state index contributed by atoms with van der Waals surface area (Å²) >= 11 is 0. The number of nitrogens with one attached hydrogen (secondary N) is 7. The van der Waals surface area contributed by atoms with Gasteiger partial charge >= 0.3 is 5.97 Å². The van der Waals surface area contributed by atoms with Gasteiger partial charge in [0.15, 0.2) is 11.9 Å². The van der Waals surface area contributed by atoms with E-state index >= 15 is 0 Å². The van der Waals surface area contributed by atoms with Gasteiger partial charge in [-0.05, 0) is 43.2 Å². The van der Waals surface area contributed by atoms with Crippen LogP contribution in [0.5, 0.6) is 0 Å². The van der Waals surface area contributed by atoms with Crippen molar-refractivity contribution in [3.05, 3.63) is 71.8 Å². The van der Waals surface area contributed by atoms with Crippen LogP contribution in [0.1, 0.15) is 36.8 Å². The first-order valence-electron chi connectivity index (χ1n) is 14.6. The number of nitrogens with two attached hydrogens (primary N) is 3. The van der Waals surface area contributed by atoms with E-state index in [-0.39, 0.29) is 50.7 Å². The van der Waals surface area contributed by atoms with E-state index in [0.29, 0.717) is 18.4 Å². The van der Waals surface area contributed by atoms with Crippen molar-refractivity contribution in [2.24, 2.45) is 17.2 Å². The number of amides is 3. The molecule has 0 spiro atoms. The van der Waals surface area contributed by atoms with Gasteiger partial charge in [0, 0.05) is 19.5 Å². The zero-order valence-electron chi connectivity index (χ0n) is 25.1. The third kappa shape index (κ3) is 14.2. The largest absolute Gasteiger partial charge is 0.480 e. The molecule has 0 aliphatic rings. The van der Waals surface area contributed by atoms with Crippen LogP contribution in [0.4, 0.5) is 0 Å². The fraction of sp³-hybridized carbons (Fsp3) is 0.400. The number of carboxylic acid groups (broad SMARTS) is 1. The van der Waals surface area contributed by atoms with E-state index < -0.39 is 47.9 Å². The van der Waals surface area contributed by atoms with E-state index in [2.05, 4.69) is 26.6 Å². The van der Waals surface area contributed by atoms with Crippen molar-refractivity contribution in [1.29, 1.82) is 10.8 Å². The Morgan fingerprint density at radius 1 is 0.644 bits per heavy atom. The third-order valence-electron chi connectivity index (χ3n) is 6.77. The minimum Gasteiger partial charge on any atom is -0.480 e. The fourth-order valence-corrected chi connectivity index (χ4v) is 4.43. The predicted octanol–water partition coefficient (Wildman–Crippen LogP) is -1.14. The second-order valence-electron chi connectivity index (χ2n) is 10.5. The maximum atomic E-state index is 13.6. The molecule has 2 rings (SSSR count). The molecule has 0 unspecified atom stereocenters. The molecule has 15 nitrogen and oxygen atoms in total. The molecule has 4 atom stereocenters. The second kappa shape index (κ2) is 19.2. The minimum absolute atomic E-state index is 0.0501. The number of carbonyl (C=O) groups excluding carboxylic acids is 3. The second-order valence-corrected chi connectivity index (χ2v) is 10.5.